The summed E-state index contributed by atoms with van der Waals surface area (Å²) in [5.41, 5.74) is 0. The number of hydrogen-bond donors (Lipinski definition) is 1. The molecule has 0 spiro atoms. The minimum atomic E-state index is -1.02. The fourth-order valence-corrected chi connectivity index (χ4v) is 1.22. The maximum atomic E-state index is 11.8. The number of aliphatic carboxylic acids is 1. The minimum absolute atomic E-state index is 0.252. The van der Waals surface area contributed by atoms with Gasteiger partial charge in [0, 0.05) is 19.6 Å². The Morgan fingerprint density at radius 3 is 2.13 bits per heavy atom. The van der Waals surface area contributed by atoms with E-state index in [9.17, 15) is 9.59 Å². The molecule has 0 saturated heterocycles. The van der Waals surface area contributed by atoms with Gasteiger partial charge in [-0.15, -0.1) is 6.58 Å². The monoisotopic (exact) mass is 214 g/mol. The summed E-state index contributed by atoms with van der Waals surface area (Å²) in [6, 6.07) is -0.262. The molecule has 1 N–H and O–H groups in total. The molecular weight excluding hydrogens is 196 g/mol. The average Bonchev–Trinajstić information content (AvgIpc) is 2.18. The molecule has 0 aliphatic rings. The Morgan fingerprint density at radius 2 is 1.80 bits per heavy atom. The Labute approximate surface area is 90.0 Å². The third-order valence-electron chi connectivity index (χ3n) is 1.98. The summed E-state index contributed by atoms with van der Waals surface area (Å²) < 4.78 is 0. The smallest absolute Gasteiger partial charge is 0.323 e. The van der Waals surface area contributed by atoms with Gasteiger partial charge in [-0.1, -0.05) is 6.08 Å². The van der Waals surface area contributed by atoms with E-state index in [-0.39, 0.29) is 19.1 Å². The number of carboxylic acid groups (broad SMARTS) is 1. The Kier molecular flexibility index (Phi) is 6.17. The first kappa shape index (κ1) is 13.5. The lowest BCUT2D eigenvalue weighted by Crippen LogP contribution is -2.45. The van der Waals surface area contributed by atoms with Crippen LogP contribution in [0.3, 0.4) is 0 Å². The molecule has 15 heavy (non-hydrogen) atoms. The van der Waals surface area contributed by atoms with Gasteiger partial charge in [-0.3, -0.25) is 4.79 Å². The third kappa shape index (κ3) is 4.49. The van der Waals surface area contributed by atoms with Crippen molar-refractivity contribution in [1.29, 1.82) is 0 Å². The first-order valence-corrected chi connectivity index (χ1v) is 4.93. The zero-order chi connectivity index (χ0) is 11.8. The molecule has 0 fully saturated rings. The number of carbonyl (C=O) groups excluding carboxylic acids is 1. The summed E-state index contributed by atoms with van der Waals surface area (Å²) in [5.74, 6) is -1.02. The van der Waals surface area contributed by atoms with Crippen LogP contribution in [0.5, 0.6) is 0 Å². The highest BCUT2D eigenvalue weighted by atomic mass is 16.4. The van der Waals surface area contributed by atoms with Crippen LogP contribution in [-0.2, 0) is 4.79 Å². The van der Waals surface area contributed by atoms with E-state index in [2.05, 4.69) is 6.58 Å². The fraction of sp³-hybridized carbons (Fsp3) is 0.600. The molecule has 0 aromatic carbocycles. The molecule has 0 unspecified atom stereocenters. The number of carbonyl (C=O) groups is 2. The number of rotatable bonds is 6. The summed E-state index contributed by atoms with van der Waals surface area (Å²) in [5, 5.41) is 8.64. The highest BCUT2D eigenvalue weighted by molar-refractivity contribution is 5.80. The molecule has 5 nitrogen and oxygen atoms in total. The van der Waals surface area contributed by atoms with Gasteiger partial charge in [0.1, 0.15) is 6.54 Å². The second-order valence-corrected chi connectivity index (χ2v) is 3.02. The molecule has 0 rings (SSSR count). The fourth-order valence-electron chi connectivity index (χ4n) is 1.22. The molecule has 0 aromatic heterocycles. The molecule has 0 radical (unpaired) electrons. The Morgan fingerprint density at radius 1 is 1.27 bits per heavy atom. The van der Waals surface area contributed by atoms with Gasteiger partial charge in [-0.05, 0) is 13.8 Å². The molecule has 5 heteroatoms. The number of urea groups is 1. The maximum absolute atomic E-state index is 11.8. The Hall–Kier alpha value is -1.52. The predicted molar refractivity (Wildman–Crippen MR) is 57.7 cm³/mol. The van der Waals surface area contributed by atoms with E-state index >= 15 is 0 Å². The van der Waals surface area contributed by atoms with Crippen molar-refractivity contribution in [3.05, 3.63) is 12.7 Å². The van der Waals surface area contributed by atoms with Gasteiger partial charge in [0.15, 0.2) is 0 Å². The zero-order valence-electron chi connectivity index (χ0n) is 9.27. The topological polar surface area (TPSA) is 60.9 Å². The molecule has 0 aromatic rings. The Bertz CT molecular complexity index is 237. The summed E-state index contributed by atoms with van der Waals surface area (Å²) >= 11 is 0. The van der Waals surface area contributed by atoms with E-state index in [0.29, 0.717) is 13.1 Å². The van der Waals surface area contributed by atoms with Crippen LogP contribution in [0.1, 0.15) is 13.8 Å². The summed E-state index contributed by atoms with van der Waals surface area (Å²) in [7, 11) is 0. The molecule has 0 aliphatic carbocycles. The molecule has 2 amide bonds. The van der Waals surface area contributed by atoms with Gasteiger partial charge < -0.3 is 14.9 Å². The van der Waals surface area contributed by atoms with Gasteiger partial charge in [0.2, 0.25) is 0 Å². The second-order valence-electron chi connectivity index (χ2n) is 3.02. The molecular formula is C10H18N2O3. The van der Waals surface area contributed by atoms with Crippen molar-refractivity contribution in [3.63, 3.8) is 0 Å². The minimum Gasteiger partial charge on any atom is -0.480 e. The molecule has 0 heterocycles. The van der Waals surface area contributed by atoms with Crippen molar-refractivity contribution >= 4 is 12.0 Å². The van der Waals surface area contributed by atoms with Crippen molar-refractivity contribution in [3.8, 4) is 0 Å². The van der Waals surface area contributed by atoms with Gasteiger partial charge in [0.05, 0.1) is 0 Å². The Balaban J connectivity index is 4.51. The first-order valence-electron chi connectivity index (χ1n) is 4.93. The van der Waals surface area contributed by atoms with Crippen LogP contribution in [0, 0.1) is 0 Å². The molecule has 0 saturated carbocycles. The first-order chi connectivity index (χ1) is 7.06. The molecule has 0 bridgehead atoms. The normalized spacial score (nSPS) is 9.47. The van der Waals surface area contributed by atoms with E-state index in [0.717, 1.165) is 0 Å². The van der Waals surface area contributed by atoms with Crippen molar-refractivity contribution < 1.29 is 14.7 Å². The summed E-state index contributed by atoms with van der Waals surface area (Å²) in [4.78, 5) is 25.1. The maximum Gasteiger partial charge on any atom is 0.323 e. The SMILES string of the molecule is C=CCN(CC(=O)O)C(=O)N(CC)CC. The predicted octanol–water partition coefficient (Wildman–Crippen LogP) is 1.02. The van der Waals surface area contributed by atoms with Crippen molar-refractivity contribution in [1.82, 2.24) is 9.80 Å². The summed E-state index contributed by atoms with van der Waals surface area (Å²) in [6.45, 7) is 8.31. The van der Waals surface area contributed by atoms with Crippen molar-refractivity contribution in [2.24, 2.45) is 0 Å². The second kappa shape index (κ2) is 6.86. The van der Waals surface area contributed by atoms with E-state index in [4.69, 9.17) is 5.11 Å². The van der Waals surface area contributed by atoms with Crippen LogP contribution >= 0.6 is 0 Å². The number of hydrogen-bond acceptors (Lipinski definition) is 2. The van der Waals surface area contributed by atoms with Crippen LogP contribution < -0.4 is 0 Å². The van der Waals surface area contributed by atoms with Crippen molar-refractivity contribution in [2.45, 2.75) is 13.8 Å². The number of nitrogens with zero attached hydrogens (tertiary/aromatic N) is 2. The van der Waals surface area contributed by atoms with Crippen molar-refractivity contribution in [2.75, 3.05) is 26.2 Å². The number of carboxylic acids is 1. The van der Waals surface area contributed by atoms with Gasteiger partial charge >= 0.3 is 12.0 Å². The largest absolute Gasteiger partial charge is 0.480 e. The molecule has 86 valence electrons. The van der Waals surface area contributed by atoms with Gasteiger partial charge in [0.25, 0.3) is 0 Å². The summed E-state index contributed by atoms with van der Waals surface area (Å²) in [6.07, 6.45) is 1.52. The van der Waals surface area contributed by atoms with E-state index in [1.54, 1.807) is 4.90 Å². The van der Waals surface area contributed by atoms with E-state index in [1.807, 2.05) is 13.8 Å². The van der Waals surface area contributed by atoms with E-state index in [1.165, 1.54) is 11.0 Å². The van der Waals surface area contributed by atoms with Crippen LogP contribution in [0.15, 0.2) is 12.7 Å². The molecule has 0 aliphatic heterocycles. The lowest BCUT2D eigenvalue weighted by Gasteiger charge is -2.27. The average molecular weight is 214 g/mol. The lowest BCUT2D eigenvalue weighted by molar-refractivity contribution is -0.137. The lowest BCUT2D eigenvalue weighted by atomic mass is 10.4. The van der Waals surface area contributed by atoms with Gasteiger partial charge in [-0.25, -0.2) is 4.79 Å². The molecule has 0 atom stereocenters. The van der Waals surface area contributed by atoms with Crippen LogP contribution in [-0.4, -0.2) is 53.1 Å². The van der Waals surface area contributed by atoms with Gasteiger partial charge in [-0.2, -0.15) is 0 Å². The van der Waals surface area contributed by atoms with Crippen LogP contribution in [0.25, 0.3) is 0 Å². The highest BCUT2D eigenvalue weighted by Crippen LogP contribution is 1.99. The standard InChI is InChI=1S/C10H18N2O3/c1-4-7-12(8-9(13)14)10(15)11(5-2)6-3/h4H,1,5-8H2,2-3H3,(H,13,14). The van der Waals surface area contributed by atoms with E-state index < -0.39 is 5.97 Å². The quantitative estimate of drug-likeness (QED) is 0.671. The highest BCUT2D eigenvalue weighted by Gasteiger charge is 2.19. The van der Waals surface area contributed by atoms with Crippen LogP contribution in [0.2, 0.25) is 0 Å². The number of amides is 2. The third-order valence-corrected chi connectivity index (χ3v) is 1.98. The zero-order valence-corrected chi connectivity index (χ0v) is 9.27. The van der Waals surface area contributed by atoms with Crippen LogP contribution in [0.4, 0.5) is 4.79 Å².